The summed E-state index contributed by atoms with van der Waals surface area (Å²) in [5, 5.41) is 7.15. The summed E-state index contributed by atoms with van der Waals surface area (Å²) in [6.07, 6.45) is 2.33. The fourth-order valence-corrected chi connectivity index (χ4v) is 2.52. The third kappa shape index (κ3) is 2.86. The van der Waals surface area contributed by atoms with Gasteiger partial charge in [-0.1, -0.05) is 0 Å². The highest BCUT2D eigenvalue weighted by molar-refractivity contribution is 6.03. The Bertz CT molecular complexity index is 722. The van der Waals surface area contributed by atoms with Gasteiger partial charge in [-0.05, 0) is 50.8 Å². The lowest BCUT2D eigenvalue weighted by Gasteiger charge is -2.15. The van der Waals surface area contributed by atoms with Crippen molar-refractivity contribution in [2.45, 2.75) is 32.7 Å². The van der Waals surface area contributed by atoms with E-state index >= 15 is 0 Å². The Morgan fingerprint density at radius 3 is 2.68 bits per heavy atom. The molecule has 0 saturated heterocycles. The highest BCUT2D eigenvalue weighted by atomic mass is 19.2. The molecular formula is C16H17F2N3O. The van der Waals surface area contributed by atoms with Crippen LogP contribution in [0.2, 0.25) is 0 Å². The smallest absolute Gasteiger partial charge is 0.256 e. The molecule has 1 amide bonds. The van der Waals surface area contributed by atoms with E-state index in [9.17, 15) is 13.6 Å². The Balaban J connectivity index is 1.83. The molecule has 1 atom stereocenters. The van der Waals surface area contributed by atoms with Crippen LogP contribution >= 0.6 is 0 Å². The number of halogens is 2. The summed E-state index contributed by atoms with van der Waals surface area (Å²) < 4.78 is 28.0. The minimum Gasteiger partial charge on any atom is -0.307 e. The maximum Gasteiger partial charge on any atom is 0.256 e. The number of amides is 1. The number of carbonyl (C=O) groups excluding carboxylic acids is 1. The molecule has 1 aromatic heterocycles. The zero-order valence-corrected chi connectivity index (χ0v) is 12.4. The van der Waals surface area contributed by atoms with Gasteiger partial charge in [0.25, 0.3) is 5.91 Å². The van der Waals surface area contributed by atoms with Gasteiger partial charge in [-0.15, -0.1) is 0 Å². The number of nitrogens with one attached hydrogen (secondary N) is 1. The first-order valence-corrected chi connectivity index (χ1v) is 7.28. The van der Waals surface area contributed by atoms with Gasteiger partial charge in [0.1, 0.15) is 5.82 Å². The predicted octanol–water partition coefficient (Wildman–Crippen LogP) is 3.69. The van der Waals surface area contributed by atoms with E-state index in [-0.39, 0.29) is 11.6 Å². The van der Waals surface area contributed by atoms with Crippen molar-refractivity contribution in [2.24, 2.45) is 5.92 Å². The van der Waals surface area contributed by atoms with Crippen molar-refractivity contribution in [2.75, 3.05) is 5.32 Å². The average Bonchev–Trinajstić information content (AvgIpc) is 3.25. The average molecular weight is 305 g/mol. The van der Waals surface area contributed by atoms with Crippen LogP contribution < -0.4 is 5.32 Å². The minimum atomic E-state index is -1.04. The van der Waals surface area contributed by atoms with Crippen LogP contribution in [-0.4, -0.2) is 15.7 Å². The summed E-state index contributed by atoms with van der Waals surface area (Å²) in [6, 6.07) is 5.07. The number of aryl methyl sites for hydroxylation is 1. The molecule has 22 heavy (non-hydrogen) atoms. The zero-order chi connectivity index (χ0) is 15.9. The Hall–Kier alpha value is -2.24. The van der Waals surface area contributed by atoms with E-state index in [1.807, 2.05) is 6.92 Å². The van der Waals surface area contributed by atoms with Gasteiger partial charge in [-0.3, -0.25) is 4.79 Å². The second-order valence-electron chi connectivity index (χ2n) is 5.78. The first kappa shape index (κ1) is 14.7. The third-order valence-electron chi connectivity index (χ3n) is 3.97. The summed E-state index contributed by atoms with van der Waals surface area (Å²) in [5.74, 6) is -1.34. The molecule has 0 bridgehead atoms. The Labute approximate surface area is 127 Å². The molecule has 4 nitrogen and oxygen atoms in total. The van der Waals surface area contributed by atoms with Crippen LogP contribution in [-0.2, 0) is 0 Å². The molecule has 1 unspecified atom stereocenters. The second kappa shape index (κ2) is 5.51. The summed E-state index contributed by atoms with van der Waals surface area (Å²) in [4.78, 5) is 12.2. The number of anilines is 1. The van der Waals surface area contributed by atoms with E-state index in [1.54, 1.807) is 10.7 Å². The topological polar surface area (TPSA) is 46.9 Å². The lowest BCUT2D eigenvalue weighted by molar-refractivity contribution is 0.102. The number of hydrogen-bond donors (Lipinski definition) is 1. The monoisotopic (exact) mass is 305 g/mol. The molecule has 116 valence electrons. The van der Waals surface area contributed by atoms with Gasteiger partial charge < -0.3 is 5.32 Å². The molecule has 1 heterocycles. The van der Waals surface area contributed by atoms with Crippen LogP contribution in [0.1, 0.15) is 41.9 Å². The van der Waals surface area contributed by atoms with Crippen molar-refractivity contribution in [3.8, 4) is 0 Å². The molecule has 0 spiro atoms. The van der Waals surface area contributed by atoms with Crippen molar-refractivity contribution < 1.29 is 13.6 Å². The molecule has 1 aliphatic carbocycles. The molecule has 2 aromatic rings. The predicted molar refractivity (Wildman–Crippen MR) is 78.7 cm³/mol. The fraction of sp³-hybridized carbons (Fsp3) is 0.375. The van der Waals surface area contributed by atoms with Crippen LogP contribution in [0, 0.1) is 24.5 Å². The number of nitrogens with zero attached hydrogens (tertiary/aromatic N) is 2. The van der Waals surface area contributed by atoms with Gasteiger partial charge in [0, 0.05) is 11.6 Å². The van der Waals surface area contributed by atoms with E-state index in [4.69, 9.17) is 0 Å². The first-order chi connectivity index (χ1) is 10.5. The third-order valence-corrected chi connectivity index (χ3v) is 3.97. The minimum absolute atomic E-state index is 0.0726. The van der Waals surface area contributed by atoms with Crippen molar-refractivity contribution in [3.05, 3.63) is 47.2 Å². The zero-order valence-electron chi connectivity index (χ0n) is 12.4. The first-order valence-electron chi connectivity index (χ1n) is 7.28. The highest BCUT2D eigenvalue weighted by Gasteiger charge is 2.31. The van der Waals surface area contributed by atoms with Crippen LogP contribution in [0.5, 0.6) is 0 Å². The Kier molecular flexibility index (Phi) is 3.68. The summed E-state index contributed by atoms with van der Waals surface area (Å²) in [6.45, 7) is 3.92. The van der Waals surface area contributed by atoms with Crippen LogP contribution in [0.3, 0.4) is 0 Å². The van der Waals surface area contributed by atoms with Crippen LogP contribution in [0.4, 0.5) is 14.6 Å². The molecule has 1 saturated carbocycles. The number of benzene rings is 1. The molecule has 1 aromatic carbocycles. The highest BCUT2D eigenvalue weighted by Crippen LogP contribution is 2.40. The van der Waals surface area contributed by atoms with Gasteiger partial charge in [-0.2, -0.15) is 5.10 Å². The molecule has 6 heteroatoms. The molecule has 3 rings (SSSR count). The standard InChI is InChI=1S/C16H17F2N3O/c1-9-7-15(21(20-9)10(2)11-3-4-11)19-16(22)12-5-6-13(17)14(18)8-12/h5-8,10-11H,3-4H2,1-2H3,(H,19,22). The van der Waals surface area contributed by atoms with E-state index < -0.39 is 17.5 Å². The molecular weight excluding hydrogens is 288 g/mol. The maximum absolute atomic E-state index is 13.2. The van der Waals surface area contributed by atoms with E-state index in [0.29, 0.717) is 11.7 Å². The lowest BCUT2D eigenvalue weighted by Crippen LogP contribution is -2.18. The quantitative estimate of drug-likeness (QED) is 0.936. The lowest BCUT2D eigenvalue weighted by atomic mass is 10.2. The molecule has 0 radical (unpaired) electrons. The Morgan fingerprint density at radius 1 is 1.32 bits per heavy atom. The van der Waals surface area contributed by atoms with Crippen molar-refractivity contribution in [1.29, 1.82) is 0 Å². The SMILES string of the molecule is Cc1cc(NC(=O)c2ccc(F)c(F)c2)n(C(C)C2CC2)n1. The molecule has 1 aliphatic rings. The van der Waals surface area contributed by atoms with Gasteiger partial charge in [-0.25, -0.2) is 13.5 Å². The summed E-state index contributed by atoms with van der Waals surface area (Å²) in [7, 11) is 0. The fourth-order valence-electron chi connectivity index (χ4n) is 2.52. The number of hydrogen-bond acceptors (Lipinski definition) is 2. The Morgan fingerprint density at radius 2 is 2.05 bits per heavy atom. The number of rotatable bonds is 4. The molecule has 0 aliphatic heterocycles. The maximum atomic E-state index is 13.2. The summed E-state index contributed by atoms with van der Waals surface area (Å²) in [5.41, 5.74) is 0.872. The van der Waals surface area contributed by atoms with E-state index in [0.717, 1.165) is 30.7 Å². The number of aromatic nitrogens is 2. The largest absolute Gasteiger partial charge is 0.307 e. The van der Waals surface area contributed by atoms with E-state index in [2.05, 4.69) is 17.3 Å². The van der Waals surface area contributed by atoms with E-state index in [1.165, 1.54) is 6.07 Å². The molecule has 1 N–H and O–H groups in total. The van der Waals surface area contributed by atoms with Crippen molar-refractivity contribution in [1.82, 2.24) is 9.78 Å². The molecule has 1 fully saturated rings. The summed E-state index contributed by atoms with van der Waals surface area (Å²) >= 11 is 0. The van der Waals surface area contributed by atoms with Gasteiger partial charge in [0.2, 0.25) is 0 Å². The van der Waals surface area contributed by atoms with Gasteiger partial charge in [0.05, 0.1) is 11.7 Å². The van der Waals surface area contributed by atoms with Gasteiger partial charge >= 0.3 is 0 Å². The second-order valence-corrected chi connectivity index (χ2v) is 5.78. The van der Waals surface area contributed by atoms with Crippen LogP contribution in [0.15, 0.2) is 24.3 Å². The van der Waals surface area contributed by atoms with Gasteiger partial charge in [0.15, 0.2) is 11.6 Å². The normalized spacial score (nSPS) is 15.6. The number of carbonyl (C=O) groups is 1. The van der Waals surface area contributed by atoms with Crippen LogP contribution in [0.25, 0.3) is 0 Å². The van der Waals surface area contributed by atoms with Crippen molar-refractivity contribution in [3.63, 3.8) is 0 Å². The van der Waals surface area contributed by atoms with Crippen molar-refractivity contribution >= 4 is 11.7 Å².